The molecule has 0 fully saturated rings. The number of ether oxygens (including phenoxy) is 2. The fraction of sp³-hybridized carbons (Fsp3) is 0.250. The van der Waals surface area contributed by atoms with E-state index in [4.69, 9.17) is 9.47 Å². The van der Waals surface area contributed by atoms with E-state index >= 15 is 0 Å². The van der Waals surface area contributed by atoms with E-state index in [-0.39, 0.29) is 29.5 Å². The first-order valence-corrected chi connectivity index (χ1v) is 8.45. The zero-order valence-electron chi connectivity index (χ0n) is 14.7. The second kappa shape index (κ2) is 7.90. The lowest BCUT2D eigenvalue weighted by atomic mass is 9.97. The molecular weight excluding hydrogens is 350 g/mol. The number of aromatic hydroxyl groups is 1. The third kappa shape index (κ3) is 4.44. The summed E-state index contributed by atoms with van der Waals surface area (Å²) in [4.78, 5) is 35.7. The van der Waals surface area contributed by atoms with Crippen LogP contribution in [-0.4, -0.2) is 36.0 Å². The van der Waals surface area contributed by atoms with Crippen molar-refractivity contribution in [2.75, 3.05) is 18.5 Å². The van der Waals surface area contributed by atoms with Crippen molar-refractivity contribution in [1.82, 2.24) is 0 Å². The summed E-state index contributed by atoms with van der Waals surface area (Å²) < 4.78 is 10.7. The first-order chi connectivity index (χ1) is 12.9. The van der Waals surface area contributed by atoms with Gasteiger partial charge in [0.1, 0.15) is 18.1 Å². The van der Waals surface area contributed by atoms with E-state index in [0.717, 1.165) is 11.3 Å². The Kier molecular flexibility index (Phi) is 5.40. The van der Waals surface area contributed by atoms with Crippen molar-refractivity contribution in [2.45, 2.75) is 13.3 Å². The number of anilines is 1. The van der Waals surface area contributed by atoms with Gasteiger partial charge in [0.15, 0.2) is 12.4 Å². The molecule has 7 heteroatoms. The van der Waals surface area contributed by atoms with E-state index in [1.54, 1.807) is 0 Å². The predicted octanol–water partition coefficient (Wildman–Crippen LogP) is 2.33. The Labute approximate surface area is 155 Å². The van der Waals surface area contributed by atoms with Crippen LogP contribution in [0.25, 0.3) is 0 Å². The van der Waals surface area contributed by atoms with Crippen LogP contribution < -0.4 is 10.1 Å². The number of fused-ring (bicyclic) bond motifs is 1. The van der Waals surface area contributed by atoms with E-state index < -0.39 is 24.3 Å². The van der Waals surface area contributed by atoms with Gasteiger partial charge in [-0.25, -0.2) is 0 Å². The molecule has 1 aliphatic rings. The van der Waals surface area contributed by atoms with Crippen LogP contribution in [0.5, 0.6) is 11.5 Å². The van der Waals surface area contributed by atoms with Gasteiger partial charge in [0.2, 0.25) is 5.91 Å². The Hall–Kier alpha value is -3.35. The number of Topliss-reactive ketones (excluding diaryl/α,β-unsaturated/α-hetero) is 1. The molecule has 3 rings (SSSR count). The van der Waals surface area contributed by atoms with Crippen LogP contribution in [0.15, 0.2) is 42.5 Å². The minimum absolute atomic E-state index is 0.122. The number of nitrogens with one attached hydrogen (secondary N) is 1. The van der Waals surface area contributed by atoms with Crippen LogP contribution in [0.3, 0.4) is 0 Å². The molecule has 140 valence electrons. The predicted molar refractivity (Wildman–Crippen MR) is 96.8 cm³/mol. The van der Waals surface area contributed by atoms with Crippen molar-refractivity contribution in [3.05, 3.63) is 53.6 Å². The lowest BCUT2D eigenvalue weighted by Crippen LogP contribution is -2.31. The fourth-order valence-electron chi connectivity index (χ4n) is 2.82. The van der Waals surface area contributed by atoms with Gasteiger partial charge < -0.3 is 19.9 Å². The minimum Gasteiger partial charge on any atom is -0.506 e. The number of para-hydroxylation sites is 1. The van der Waals surface area contributed by atoms with Crippen LogP contribution in [0, 0.1) is 5.92 Å². The molecule has 0 aromatic heterocycles. The standard InChI is InChI=1S/C20H19NO6/c1-12(22)21-16-9-13(6-7-17(16)23)18(24)11-27-20(25)15-8-14-4-2-3-5-19(14)26-10-15/h2-7,9,15,23H,8,10-11H2,1H3,(H,21,22)/t15-/m0/s1. The Morgan fingerprint density at radius 2 is 2.00 bits per heavy atom. The summed E-state index contributed by atoms with van der Waals surface area (Å²) >= 11 is 0. The smallest absolute Gasteiger partial charge is 0.313 e. The van der Waals surface area contributed by atoms with Gasteiger partial charge in [0, 0.05) is 12.5 Å². The van der Waals surface area contributed by atoms with E-state index in [9.17, 15) is 19.5 Å². The summed E-state index contributed by atoms with van der Waals surface area (Å²) in [5.74, 6) is -1.18. The van der Waals surface area contributed by atoms with Gasteiger partial charge >= 0.3 is 5.97 Å². The molecule has 0 aliphatic carbocycles. The summed E-state index contributed by atoms with van der Waals surface area (Å²) in [6.45, 7) is 1.07. The summed E-state index contributed by atoms with van der Waals surface area (Å²) in [7, 11) is 0. The van der Waals surface area contributed by atoms with Gasteiger partial charge in [-0.1, -0.05) is 18.2 Å². The van der Waals surface area contributed by atoms with Gasteiger partial charge in [0.05, 0.1) is 11.6 Å². The Balaban J connectivity index is 1.59. The Morgan fingerprint density at radius 1 is 1.22 bits per heavy atom. The highest BCUT2D eigenvalue weighted by molar-refractivity contribution is 6.00. The number of rotatable bonds is 5. The molecule has 0 saturated heterocycles. The maximum Gasteiger partial charge on any atom is 0.313 e. The van der Waals surface area contributed by atoms with Crippen LogP contribution in [0.1, 0.15) is 22.8 Å². The first-order valence-electron chi connectivity index (χ1n) is 8.45. The molecule has 27 heavy (non-hydrogen) atoms. The van der Waals surface area contributed by atoms with Crippen molar-refractivity contribution < 1.29 is 29.0 Å². The number of esters is 1. The molecule has 1 heterocycles. The van der Waals surface area contributed by atoms with Crippen molar-refractivity contribution in [2.24, 2.45) is 5.92 Å². The molecule has 2 N–H and O–H groups in total. The third-order valence-electron chi connectivity index (χ3n) is 4.19. The van der Waals surface area contributed by atoms with Gasteiger partial charge in [-0.05, 0) is 36.2 Å². The number of benzene rings is 2. The first kappa shape index (κ1) is 18.4. The molecular formula is C20H19NO6. The molecule has 0 spiro atoms. The largest absolute Gasteiger partial charge is 0.506 e. The molecule has 2 aromatic rings. The molecule has 1 atom stereocenters. The molecule has 7 nitrogen and oxygen atoms in total. The maximum atomic E-state index is 12.3. The monoisotopic (exact) mass is 369 g/mol. The highest BCUT2D eigenvalue weighted by Crippen LogP contribution is 2.27. The van der Waals surface area contributed by atoms with Gasteiger partial charge in [-0.15, -0.1) is 0 Å². The number of ketones is 1. The van der Waals surface area contributed by atoms with Crippen molar-refractivity contribution in [1.29, 1.82) is 0 Å². The van der Waals surface area contributed by atoms with Gasteiger partial charge in [0.25, 0.3) is 0 Å². The molecule has 1 aliphatic heterocycles. The van der Waals surface area contributed by atoms with E-state index in [1.807, 2.05) is 24.3 Å². The van der Waals surface area contributed by atoms with Crippen molar-refractivity contribution in [3.8, 4) is 11.5 Å². The second-order valence-electron chi connectivity index (χ2n) is 6.26. The number of amides is 1. The normalized spacial score (nSPS) is 15.2. The molecule has 2 aromatic carbocycles. The van der Waals surface area contributed by atoms with Crippen LogP contribution >= 0.6 is 0 Å². The number of carbonyl (C=O) groups is 3. The molecule has 0 radical (unpaired) electrons. The van der Waals surface area contributed by atoms with Gasteiger partial charge in [-0.2, -0.15) is 0 Å². The number of carbonyl (C=O) groups excluding carboxylic acids is 3. The van der Waals surface area contributed by atoms with Crippen LogP contribution in [0.4, 0.5) is 5.69 Å². The van der Waals surface area contributed by atoms with Crippen molar-refractivity contribution >= 4 is 23.3 Å². The number of phenolic OH excluding ortho intramolecular Hbond substituents is 1. The molecule has 0 unspecified atom stereocenters. The van der Waals surface area contributed by atoms with E-state index in [2.05, 4.69) is 5.32 Å². The van der Waals surface area contributed by atoms with Gasteiger partial charge in [-0.3, -0.25) is 14.4 Å². The zero-order chi connectivity index (χ0) is 19.4. The second-order valence-corrected chi connectivity index (χ2v) is 6.26. The van der Waals surface area contributed by atoms with E-state index in [1.165, 1.54) is 25.1 Å². The summed E-state index contributed by atoms with van der Waals surface area (Å²) in [5, 5.41) is 12.1. The zero-order valence-corrected chi connectivity index (χ0v) is 14.7. The summed E-state index contributed by atoms with van der Waals surface area (Å²) in [5.41, 5.74) is 1.27. The molecule has 0 saturated carbocycles. The quantitative estimate of drug-likeness (QED) is 0.476. The summed E-state index contributed by atoms with van der Waals surface area (Å²) in [6, 6.07) is 11.5. The maximum absolute atomic E-state index is 12.3. The highest BCUT2D eigenvalue weighted by Gasteiger charge is 2.27. The third-order valence-corrected chi connectivity index (χ3v) is 4.19. The summed E-state index contributed by atoms with van der Waals surface area (Å²) in [6.07, 6.45) is 0.495. The number of hydrogen-bond acceptors (Lipinski definition) is 6. The fourth-order valence-corrected chi connectivity index (χ4v) is 2.82. The number of phenols is 1. The average Bonchev–Trinajstić information content (AvgIpc) is 2.66. The lowest BCUT2D eigenvalue weighted by molar-refractivity contribution is -0.148. The number of hydrogen-bond donors (Lipinski definition) is 2. The Bertz CT molecular complexity index is 892. The topological polar surface area (TPSA) is 102 Å². The highest BCUT2D eigenvalue weighted by atomic mass is 16.5. The van der Waals surface area contributed by atoms with Crippen molar-refractivity contribution in [3.63, 3.8) is 0 Å². The molecule has 0 bridgehead atoms. The Morgan fingerprint density at radius 3 is 2.78 bits per heavy atom. The van der Waals surface area contributed by atoms with E-state index in [0.29, 0.717) is 6.42 Å². The van der Waals surface area contributed by atoms with Crippen LogP contribution in [-0.2, 0) is 20.7 Å². The minimum atomic E-state index is -0.501. The lowest BCUT2D eigenvalue weighted by Gasteiger charge is -2.23. The van der Waals surface area contributed by atoms with Crippen LogP contribution in [0.2, 0.25) is 0 Å². The SMILES string of the molecule is CC(=O)Nc1cc(C(=O)COC(=O)[C@@H]2COc3ccccc3C2)ccc1O. The average molecular weight is 369 g/mol. The molecule has 1 amide bonds.